The zero-order chi connectivity index (χ0) is 80.0. The number of furan rings is 1. The van der Waals surface area contributed by atoms with Gasteiger partial charge in [0.05, 0.1) is 15.9 Å². The fourth-order valence-electron chi connectivity index (χ4n) is 25.2. The number of para-hydroxylation sites is 1. The number of nitrogens with zero attached hydrogens (tertiary/aromatic N) is 4. The largest absolute Gasteiger partial charge is 0.452 e. The zero-order valence-corrected chi connectivity index (χ0v) is 69.4. The van der Waals surface area contributed by atoms with Crippen LogP contribution in [0.4, 0.5) is 0 Å². The minimum Gasteiger partial charge on any atom is -0.452 e. The lowest BCUT2D eigenvalue weighted by atomic mass is 9.62. The third-order valence-electron chi connectivity index (χ3n) is 30.8. The molecule has 2 atom stereocenters. The lowest BCUT2D eigenvalue weighted by molar-refractivity contribution is 0.316. The van der Waals surface area contributed by atoms with E-state index in [0.29, 0.717) is 17.3 Å². The van der Waals surface area contributed by atoms with E-state index in [2.05, 4.69) is 309 Å². The van der Waals surface area contributed by atoms with Crippen LogP contribution in [0.2, 0.25) is 0 Å². The molecule has 18 aromatic rings. The van der Waals surface area contributed by atoms with E-state index in [1.807, 2.05) is 0 Å². The molecule has 2 unspecified atom stereocenters. The molecule has 4 spiro atoms. The predicted octanol–water partition coefficient (Wildman–Crippen LogP) is 31.2. The quantitative estimate of drug-likeness (QED) is 0.144. The molecule has 4 saturated carbocycles. The Hall–Kier alpha value is -12.7. The van der Waals surface area contributed by atoms with Gasteiger partial charge in [0.2, 0.25) is 0 Å². The molecule has 0 bridgehead atoms. The first kappa shape index (κ1) is 71.0. The summed E-state index contributed by atoms with van der Waals surface area (Å²) in [7, 11) is 0. The number of rotatable bonds is 9. The minimum absolute atomic E-state index is 0.0100. The lowest BCUT2D eigenvalue weighted by Crippen LogP contribution is -2.32. The second kappa shape index (κ2) is 27.4. The molecule has 0 N–H and O–H groups in total. The van der Waals surface area contributed by atoms with E-state index in [1.165, 1.54) is 212 Å². The van der Waals surface area contributed by atoms with Crippen LogP contribution in [0.3, 0.4) is 0 Å². The van der Waals surface area contributed by atoms with Gasteiger partial charge in [-0.15, -0.1) is 11.3 Å². The van der Waals surface area contributed by atoms with Crippen LogP contribution in [0.1, 0.15) is 178 Å². The summed E-state index contributed by atoms with van der Waals surface area (Å²) in [5.41, 5.74) is 44.4. The molecule has 0 amide bonds. The molecule has 0 saturated heterocycles. The number of benzene rings is 14. The van der Waals surface area contributed by atoms with E-state index in [4.69, 9.17) is 24.4 Å². The van der Waals surface area contributed by atoms with E-state index in [9.17, 15) is 0 Å². The molecule has 4 heterocycles. The molecule has 122 heavy (non-hydrogen) atoms. The number of fused-ring (bicyclic) bond motifs is 26. The lowest BCUT2D eigenvalue weighted by Gasteiger charge is -2.41. The summed E-state index contributed by atoms with van der Waals surface area (Å²) in [6.07, 6.45) is 23.4. The number of hydrogen-bond donors (Lipinski definition) is 0. The Morgan fingerprint density at radius 1 is 0.262 bits per heavy atom. The van der Waals surface area contributed by atoms with Crippen molar-refractivity contribution in [1.82, 2.24) is 19.9 Å². The normalized spacial score (nSPS) is 18.3. The molecule has 6 heteroatoms. The topological polar surface area (TPSA) is 64.7 Å². The summed E-state index contributed by atoms with van der Waals surface area (Å²) in [6, 6.07) is 118. The second-order valence-corrected chi connectivity index (χ2v) is 38.0. The first-order valence-electron chi connectivity index (χ1n) is 45.2. The summed E-state index contributed by atoms with van der Waals surface area (Å²) in [6.45, 7) is 0. The molecule has 586 valence electrons. The van der Waals surface area contributed by atoms with Crippen molar-refractivity contribution in [2.75, 3.05) is 0 Å². The average Bonchev–Trinajstić information content (AvgIpc) is 1.53. The maximum atomic E-state index is 6.85. The van der Waals surface area contributed by atoms with Gasteiger partial charge in [0.1, 0.15) is 16.8 Å². The monoisotopic (exact) mass is 1590 g/mol. The number of thiophene rings is 1. The Kier molecular flexibility index (Phi) is 15.9. The highest BCUT2D eigenvalue weighted by atomic mass is 32.1. The molecule has 0 aliphatic heterocycles. The Bertz CT molecular complexity index is 7410. The first-order valence-corrected chi connectivity index (χ1v) is 46.0. The van der Waals surface area contributed by atoms with Crippen LogP contribution >= 0.6 is 11.3 Å². The Balaban J connectivity index is 0.518. The smallest absolute Gasteiger partial charge is 0.180 e. The summed E-state index contributed by atoms with van der Waals surface area (Å²) in [4.78, 5) is 21.6. The third kappa shape index (κ3) is 10.6. The summed E-state index contributed by atoms with van der Waals surface area (Å²) in [5.74, 6) is 1.80. The van der Waals surface area contributed by atoms with Crippen molar-refractivity contribution in [2.45, 2.75) is 150 Å². The fourth-order valence-corrected chi connectivity index (χ4v) is 26.3. The molecule has 4 fully saturated rings. The molecule has 8 aliphatic rings. The van der Waals surface area contributed by atoms with Gasteiger partial charge in [-0.25, -0.2) is 19.9 Å². The molecular weight excluding hydrogens is 1500 g/mol. The highest BCUT2D eigenvalue weighted by molar-refractivity contribution is 7.26. The van der Waals surface area contributed by atoms with Gasteiger partial charge >= 0.3 is 0 Å². The summed E-state index contributed by atoms with van der Waals surface area (Å²) in [5, 5.41) is 2.16. The number of aromatic nitrogens is 4. The summed E-state index contributed by atoms with van der Waals surface area (Å²) >= 11 is 1.78. The van der Waals surface area contributed by atoms with Gasteiger partial charge in [-0.2, -0.15) is 0 Å². The summed E-state index contributed by atoms with van der Waals surface area (Å²) < 4.78 is 9.18. The van der Waals surface area contributed by atoms with Crippen molar-refractivity contribution in [3.05, 3.63) is 359 Å². The Labute approximate surface area is 716 Å². The van der Waals surface area contributed by atoms with Crippen molar-refractivity contribution in [2.24, 2.45) is 0 Å². The zero-order valence-electron chi connectivity index (χ0n) is 68.6. The van der Waals surface area contributed by atoms with Crippen molar-refractivity contribution in [1.29, 1.82) is 0 Å². The van der Waals surface area contributed by atoms with Gasteiger partial charge in [0.15, 0.2) is 17.2 Å². The first-order chi connectivity index (χ1) is 60.3. The maximum absolute atomic E-state index is 6.85. The molecule has 8 aliphatic carbocycles. The van der Waals surface area contributed by atoms with Gasteiger partial charge in [-0.05, 0) is 282 Å². The minimum atomic E-state index is -0.135. The van der Waals surface area contributed by atoms with E-state index in [0.717, 1.165) is 97.4 Å². The highest BCUT2D eigenvalue weighted by Crippen LogP contribution is 2.66. The van der Waals surface area contributed by atoms with E-state index >= 15 is 0 Å². The van der Waals surface area contributed by atoms with E-state index in [1.54, 1.807) is 39.2 Å². The van der Waals surface area contributed by atoms with Crippen LogP contribution < -0.4 is 0 Å². The number of hydrogen-bond acceptors (Lipinski definition) is 6. The van der Waals surface area contributed by atoms with Crippen LogP contribution in [0.15, 0.2) is 314 Å². The SMILES string of the molecule is c1ccc(-c2nc(-c3cccc(-c4cccc(-c5ccc6c(c5)-c5cc7c(cc5C65CCCCC5)-c5ccccc5C75CCCC(c6ccc(-c7nc(-c8cccc(-c9cccc(-c%10ccc%11c(c%10)-c%10cc%12c(cc%10C%11%10CCCCC%10)-c%10ccccc%10C%12%10CCCCC%10)c9)c8)c8oc9ccccc9c8n7)cc6)C5)c4)c3)c3sc4ccccc4c3n2)cc1. The molecule has 0 radical (unpaired) electrons. The van der Waals surface area contributed by atoms with Crippen LogP contribution in [0.25, 0.3) is 177 Å². The molecular formula is C116H90N4OS. The second-order valence-electron chi connectivity index (χ2n) is 37.0. The predicted molar refractivity (Wildman–Crippen MR) is 503 cm³/mol. The molecule has 14 aromatic carbocycles. The third-order valence-corrected chi connectivity index (χ3v) is 32.0. The van der Waals surface area contributed by atoms with Crippen molar-refractivity contribution in [3.63, 3.8) is 0 Å². The standard InChI is InChI=1S/C116H90N4OS/c1-5-26-72(27-6-1)111-118-106(110-108(120-111)88-40-10-14-44-104(88)122-110)83-35-24-33-79(63-83)75-29-22-31-77(61-75)81-50-52-98-90(65-81)94-69-102-92(67-101(94)115(98)57-19-4-20-58-115)86-38-8-12-42-96(86)116(102)59-25-36-84(70-116)71-45-47-73(48-46-71)112-117-105(109-107(119-112)87-39-9-13-43-103(87)121-109)82-34-23-32-78(62-82)74-28-21-30-76(60-74)80-49-51-97-89(64-80)93-68-99-91(66-100(93)114(97)55-17-3-18-56-114)85-37-7-11-41-95(85)113(99)53-15-2-16-54-113/h1,5-14,21-24,26-35,37-52,60-69,84H,2-4,15-20,25,36,53-59,70H2. The fraction of sp³-hybridized carbons (Fsp3) is 0.207. The molecule has 26 rings (SSSR count). The Morgan fingerprint density at radius 3 is 1.20 bits per heavy atom. The highest BCUT2D eigenvalue weighted by Gasteiger charge is 2.52. The van der Waals surface area contributed by atoms with Gasteiger partial charge in [0, 0.05) is 59.4 Å². The van der Waals surface area contributed by atoms with Crippen molar-refractivity contribution >= 4 is 53.7 Å². The maximum Gasteiger partial charge on any atom is 0.180 e. The van der Waals surface area contributed by atoms with E-state index < -0.39 is 0 Å². The Morgan fingerprint density at radius 2 is 0.648 bits per heavy atom. The average molecular weight is 1590 g/mol. The van der Waals surface area contributed by atoms with Crippen LogP contribution in [-0.2, 0) is 21.7 Å². The van der Waals surface area contributed by atoms with Crippen molar-refractivity contribution in [3.8, 4) is 134 Å². The van der Waals surface area contributed by atoms with Gasteiger partial charge < -0.3 is 4.42 Å². The van der Waals surface area contributed by atoms with Gasteiger partial charge in [0.25, 0.3) is 0 Å². The van der Waals surface area contributed by atoms with Gasteiger partial charge in [-0.1, -0.05) is 295 Å². The molecule has 4 aromatic heterocycles. The van der Waals surface area contributed by atoms with Crippen LogP contribution in [0, 0.1) is 0 Å². The van der Waals surface area contributed by atoms with Crippen LogP contribution in [-0.4, -0.2) is 19.9 Å². The van der Waals surface area contributed by atoms with Gasteiger partial charge in [-0.3, -0.25) is 0 Å². The van der Waals surface area contributed by atoms with Crippen LogP contribution in [0.5, 0.6) is 0 Å². The van der Waals surface area contributed by atoms with E-state index in [-0.39, 0.29) is 21.7 Å². The molecule has 5 nitrogen and oxygen atoms in total. The van der Waals surface area contributed by atoms with Crippen molar-refractivity contribution < 1.29 is 4.42 Å².